The summed E-state index contributed by atoms with van der Waals surface area (Å²) >= 11 is 0. The number of hydrogen-bond donors (Lipinski definition) is 1. The summed E-state index contributed by atoms with van der Waals surface area (Å²) in [5.41, 5.74) is 0. The van der Waals surface area contributed by atoms with Crippen LogP contribution in [0.15, 0.2) is 0 Å². The van der Waals surface area contributed by atoms with Crippen LogP contribution in [0.3, 0.4) is 0 Å². The van der Waals surface area contributed by atoms with E-state index in [1.807, 2.05) is 11.8 Å². The lowest BCUT2D eigenvalue weighted by Crippen LogP contribution is -2.53. The molecule has 0 saturated carbocycles. The van der Waals surface area contributed by atoms with E-state index in [2.05, 4.69) is 19.2 Å². The van der Waals surface area contributed by atoms with Crippen molar-refractivity contribution in [2.75, 3.05) is 13.1 Å². The fourth-order valence-corrected chi connectivity index (χ4v) is 1.81. The minimum Gasteiger partial charge on any atom is -0.338 e. The molecule has 0 bridgehead atoms. The molecule has 1 aliphatic rings. The van der Waals surface area contributed by atoms with Crippen molar-refractivity contribution in [1.82, 2.24) is 10.2 Å². The van der Waals surface area contributed by atoms with Gasteiger partial charge in [-0.2, -0.15) is 0 Å². The smallest absolute Gasteiger partial charge is 0.317 e. The fourth-order valence-electron chi connectivity index (χ4n) is 1.81. The lowest BCUT2D eigenvalue weighted by Gasteiger charge is -2.37. The number of hydrogen-bond acceptors (Lipinski definition) is 1. The van der Waals surface area contributed by atoms with E-state index < -0.39 is 0 Å². The SMILES string of the molecule is CCN1C(=O)NCCC1C(C)C. The number of urea groups is 1. The lowest BCUT2D eigenvalue weighted by atomic mass is 9.98. The third kappa shape index (κ3) is 1.71. The lowest BCUT2D eigenvalue weighted by molar-refractivity contribution is 0.136. The second kappa shape index (κ2) is 3.78. The van der Waals surface area contributed by atoms with Crippen LogP contribution in [0.4, 0.5) is 4.79 Å². The minimum absolute atomic E-state index is 0.0995. The molecular weight excluding hydrogens is 152 g/mol. The monoisotopic (exact) mass is 170 g/mol. The van der Waals surface area contributed by atoms with Crippen molar-refractivity contribution in [2.24, 2.45) is 5.92 Å². The molecule has 0 spiro atoms. The third-order valence-electron chi connectivity index (χ3n) is 2.49. The predicted octanol–water partition coefficient (Wildman–Crippen LogP) is 1.45. The first-order valence-corrected chi connectivity index (χ1v) is 4.71. The van der Waals surface area contributed by atoms with E-state index in [4.69, 9.17) is 0 Å². The summed E-state index contributed by atoms with van der Waals surface area (Å²) in [5.74, 6) is 0.566. The Balaban J connectivity index is 2.64. The molecule has 0 aromatic carbocycles. The Labute approximate surface area is 74.1 Å². The molecule has 12 heavy (non-hydrogen) atoms. The van der Waals surface area contributed by atoms with Gasteiger partial charge in [-0.05, 0) is 19.3 Å². The van der Waals surface area contributed by atoms with Crippen molar-refractivity contribution in [3.63, 3.8) is 0 Å². The van der Waals surface area contributed by atoms with Crippen molar-refractivity contribution in [1.29, 1.82) is 0 Å². The molecule has 1 rings (SSSR count). The summed E-state index contributed by atoms with van der Waals surface area (Å²) in [6, 6.07) is 0.534. The van der Waals surface area contributed by atoms with Crippen LogP contribution in [-0.2, 0) is 0 Å². The van der Waals surface area contributed by atoms with Crippen LogP contribution in [0.1, 0.15) is 27.2 Å². The highest BCUT2D eigenvalue weighted by atomic mass is 16.2. The highest BCUT2D eigenvalue weighted by molar-refractivity contribution is 5.75. The van der Waals surface area contributed by atoms with Crippen molar-refractivity contribution < 1.29 is 4.79 Å². The van der Waals surface area contributed by atoms with Gasteiger partial charge >= 0.3 is 6.03 Å². The van der Waals surface area contributed by atoms with Gasteiger partial charge in [0.05, 0.1) is 0 Å². The summed E-state index contributed by atoms with van der Waals surface area (Å²) in [4.78, 5) is 13.3. The quantitative estimate of drug-likeness (QED) is 0.668. The zero-order valence-electron chi connectivity index (χ0n) is 8.13. The largest absolute Gasteiger partial charge is 0.338 e. The van der Waals surface area contributed by atoms with E-state index in [9.17, 15) is 4.79 Å². The number of rotatable bonds is 2. The molecular formula is C9H18N2O. The molecule has 1 unspecified atom stereocenters. The Morgan fingerprint density at radius 3 is 2.75 bits per heavy atom. The zero-order chi connectivity index (χ0) is 9.14. The first-order valence-electron chi connectivity index (χ1n) is 4.71. The number of amides is 2. The topological polar surface area (TPSA) is 32.3 Å². The Kier molecular flexibility index (Phi) is 2.95. The van der Waals surface area contributed by atoms with Crippen LogP contribution in [0.2, 0.25) is 0 Å². The van der Waals surface area contributed by atoms with Gasteiger partial charge in [0.25, 0.3) is 0 Å². The summed E-state index contributed by atoms with van der Waals surface area (Å²) < 4.78 is 0. The Hall–Kier alpha value is -0.730. The van der Waals surface area contributed by atoms with Crippen molar-refractivity contribution in [2.45, 2.75) is 33.2 Å². The van der Waals surface area contributed by atoms with E-state index in [0.29, 0.717) is 12.0 Å². The normalized spacial score (nSPS) is 24.5. The van der Waals surface area contributed by atoms with Crippen LogP contribution in [0.25, 0.3) is 0 Å². The number of carbonyl (C=O) groups is 1. The second-order valence-corrected chi connectivity index (χ2v) is 3.62. The first-order chi connectivity index (χ1) is 5.66. The van der Waals surface area contributed by atoms with Gasteiger partial charge < -0.3 is 10.2 Å². The molecule has 0 aromatic rings. The van der Waals surface area contributed by atoms with Gasteiger partial charge in [0.2, 0.25) is 0 Å². The fraction of sp³-hybridized carbons (Fsp3) is 0.889. The third-order valence-corrected chi connectivity index (χ3v) is 2.49. The highest BCUT2D eigenvalue weighted by Gasteiger charge is 2.28. The second-order valence-electron chi connectivity index (χ2n) is 3.62. The molecule has 1 heterocycles. The van der Waals surface area contributed by atoms with Gasteiger partial charge in [0, 0.05) is 19.1 Å². The Morgan fingerprint density at radius 1 is 1.67 bits per heavy atom. The highest BCUT2D eigenvalue weighted by Crippen LogP contribution is 2.17. The van der Waals surface area contributed by atoms with E-state index in [1.165, 1.54) is 0 Å². The average molecular weight is 170 g/mol. The molecule has 70 valence electrons. The summed E-state index contributed by atoms with van der Waals surface area (Å²) in [6.45, 7) is 8.02. The molecule has 1 atom stereocenters. The van der Waals surface area contributed by atoms with Crippen molar-refractivity contribution >= 4 is 6.03 Å². The number of nitrogens with zero attached hydrogens (tertiary/aromatic N) is 1. The molecule has 1 fully saturated rings. The molecule has 2 amide bonds. The van der Waals surface area contributed by atoms with Crippen LogP contribution in [0.5, 0.6) is 0 Å². The molecule has 1 aliphatic heterocycles. The molecule has 3 nitrogen and oxygen atoms in total. The van der Waals surface area contributed by atoms with Crippen LogP contribution < -0.4 is 5.32 Å². The van der Waals surface area contributed by atoms with E-state index >= 15 is 0 Å². The maximum absolute atomic E-state index is 11.4. The molecule has 0 radical (unpaired) electrons. The van der Waals surface area contributed by atoms with E-state index in [-0.39, 0.29) is 6.03 Å². The molecule has 0 aliphatic carbocycles. The maximum atomic E-state index is 11.4. The van der Waals surface area contributed by atoms with E-state index in [0.717, 1.165) is 19.5 Å². The molecule has 3 heteroatoms. The van der Waals surface area contributed by atoms with Crippen LogP contribution in [0, 0.1) is 5.92 Å². The van der Waals surface area contributed by atoms with Gasteiger partial charge in [-0.1, -0.05) is 13.8 Å². The van der Waals surface area contributed by atoms with Crippen molar-refractivity contribution in [3.8, 4) is 0 Å². The van der Waals surface area contributed by atoms with Gasteiger partial charge in [0.15, 0.2) is 0 Å². The molecule has 0 aromatic heterocycles. The Morgan fingerprint density at radius 2 is 2.33 bits per heavy atom. The standard InChI is InChI=1S/C9H18N2O/c1-4-11-8(7(2)3)5-6-10-9(11)12/h7-8H,4-6H2,1-3H3,(H,10,12). The zero-order valence-corrected chi connectivity index (χ0v) is 8.13. The minimum atomic E-state index is 0.0995. The summed E-state index contributed by atoms with van der Waals surface area (Å²) in [6.07, 6.45) is 1.08. The molecule has 1 N–H and O–H groups in total. The average Bonchev–Trinajstić information content (AvgIpc) is 2.03. The van der Waals surface area contributed by atoms with Crippen molar-refractivity contribution in [3.05, 3.63) is 0 Å². The van der Waals surface area contributed by atoms with Gasteiger partial charge in [-0.25, -0.2) is 4.79 Å². The van der Waals surface area contributed by atoms with Crippen LogP contribution >= 0.6 is 0 Å². The van der Waals surface area contributed by atoms with Crippen LogP contribution in [-0.4, -0.2) is 30.1 Å². The van der Waals surface area contributed by atoms with E-state index in [1.54, 1.807) is 0 Å². The van der Waals surface area contributed by atoms with Gasteiger partial charge in [-0.15, -0.1) is 0 Å². The summed E-state index contributed by atoms with van der Waals surface area (Å²) in [5, 5.41) is 2.85. The predicted molar refractivity (Wildman–Crippen MR) is 49.0 cm³/mol. The number of nitrogens with one attached hydrogen (secondary N) is 1. The maximum Gasteiger partial charge on any atom is 0.317 e. The molecule has 1 saturated heterocycles. The summed E-state index contributed by atoms with van der Waals surface area (Å²) in [7, 11) is 0. The van der Waals surface area contributed by atoms with Gasteiger partial charge in [0.1, 0.15) is 0 Å². The first kappa shape index (κ1) is 9.36. The number of carbonyl (C=O) groups excluding carboxylic acids is 1. The van der Waals surface area contributed by atoms with Gasteiger partial charge in [-0.3, -0.25) is 0 Å². The Bertz CT molecular complexity index is 168.